The minimum atomic E-state index is -0.576. The lowest BCUT2D eigenvalue weighted by molar-refractivity contribution is -0.139. The molecule has 0 atom stereocenters. The van der Waals surface area contributed by atoms with Crippen LogP contribution in [0.2, 0.25) is 0 Å². The van der Waals surface area contributed by atoms with Gasteiger partial charge >= 0.3 is 12.1 Å². The number of ether oxygens (including phenoxy) is 2. The Morgan fingerprint density at radius 1 is 1.03 bits per heavy atom. The normalized spacial score (nSPS) is 11.8. The Morgan fingerprint density at radius 2 is 1.66 bits per heavy atom. The van der Waals surface area contributed by atoms with Gasteiger partial charge in [-0.05, 0) is 52.4 Å². The van der Waals surface area contributed by atoms with E-state index in [1.165, 1.54) is 18.2 Å². The molecular weight excluding hydrogens is 402 g/mol. The van der Waals surface area contributed by atoms with E-state index in [4.69, 9.17) is 15.9 Å². The molecule has 0 saturated carbocycles. The van der Waals surface area contributed by atoms with E-state index in [1.807, 2.05) is 31.2 Å². The molecule has 0 radical (unpaired) electrons. The number of esters is 1. The number of amides is 1. The number of carbonyl (C=O) groups excluding carboxylic acids is 2. The molecule has 5 heteroatoms. The predicted molar refractivity (Wildman–Crippen MR) is 124 cm³/mol. The summed E-state index contributed by atoms with van der Waals surface area (Å²) in [6, 6.07) is 19.8. The molecule has 4 rings (SSSR count). The highest BCUT2D eigenvalue weighted by Crippen LogP contribution is 2.44. The van der Waals surface area contributed by atoms with E-state index in [2.05, 4.69) is 35.5 Å². The van der Waals surface area contributed by atoms with Gasteiger partial charge < -0.3 is 9.47 Å². The molecule has 0 fully saturated rings. The number of nitrogens with one attached hydrogen (secondary N) is 1. The molecule has 0 spiro atoms. The number of hydrogen-bond acceptors (Lipinski definition) is 4. The van der Waals surface area contributed by atoms with Gasteiger partial charge in [0, 0.05) is 17.2 Å². The van der Waals surface area contributed by atoms with Gasteiger partial charge in [0.15, 0.2) is 0 Å². The van der Waals surface area contributed by atoms with Crippen LogP contribution in [0.25, 0.3) is 11.1 Å². The Kier molecular flexibility index (Phi) is 5.96. The average Bonchev–Trinajstić information content (AvgIpc) is 3.13. The van der Waals surface area contributed by atoms with Gasteiger partial charge in [0.05, 0.1) is 13.5 Å². The number of hydrogen-bond donors (Lipinski definition) is 1. The van der Waals surface area contributed by atoms with Crippen molar-refractivity contribution in [2.24, 2.45) is 0 Å². The third kappa shape index (κ3) is 4.08. The van der Waals surface area contributed by atoms with Crippen LogP contribution in [0.3, 0.4) is 0 Å². The Balaban J connectivity index is 1.51. The molecular formula is C27H23NO4. The summed E-state index contributed by atoms with van der Waals surface area (Å²) >= 11 is 0. The SMILES string of the molecule is C#Cc1cc(CC(=O)OC)cc(NC(=O)OCC2c3ccccc3-c3ccccc32)c1C. The number of rotatable bonds is 5. The van der Waals surface area contributed by atoms with E-state index in [-0.39, 0.29) is 24.9 Å². The maximum Gasteiger partial charge on any atom is 0.411 e. The lowest BCUT2D eigenvalue weighted by Gasteiger charge is -2.16. The molecule has 0 heterocycles. The fraction of sp³-hybridized carbons (Fsp3) is 0.185. The minimum absolute atomic E-state index is 0.0267. The highest BCUT2D eigenvalue weighted by atomic mass is 16.5. The fourth-order valence-electron chi connectivity index (χ4n) is 4.14. The van der Waals surface area contributed by atoms with Gasteiger partial charge in [-0.1, -0.05) is 54.5 Å². The quantitative estimate of drug-likeness (QED) is 0.459. The van der Waals surface area contributed by atoms with Gasteiger partial charge in [-0.15, -0.1) is 6.42 Å². The Hall–Kier alpha value is -4.04. The van der Waals surface area contributed by atoms with E-state index in [1.54, 1.807) is 12.1 Å². The molecule has 32 heavy (non-hydrogen) atoms. The minimum Gasteiger partial charge on any atom is -0.469 e. The average molecular weight is 425 g/mol. The van der Waals surface area contributed by atoms with Crippen LogP contribution in [0.1, 0.15) is 33.7 Å². The van der Waals surface area contributed by atoms with Crippen molar-refractivity contribution in [1.29, 1.82) is 0 Å². The lowest BCUT2D eigenvalue weighted by atomic mass is 9.98. The number of methoxy groups -OCH3 is 1. The van der Waals surface area contributed by atoms with Crippen LogP contribution in [0.5, 0.6) is 0 Å². The third-order valence-electron chi connectivity index (χ3n) is 5.78. The van der Waals surface area contributed by atoms with E-state index < -0.39 is 6.09 Å². The van der Waals surface area contributed by atoms with E-state index in [0.717, 1.165) is 16.7 Å². The molecule has 5 nitrogen and oxygen atoms in total. The summed E-state index contributed by atoms with van der Waals surface area (Å²) in [6.45, 7) is 2.03. The first-order valence-corrected chi connectivity index (χ1v) is 10.3. The Bertz CT molecular complexity index is 1190. The molecule has 0 aromatic heterocycles. The van der Waals surface area contributed by atoms with Crippen molar-refractivity contribution < 1.29 is 19.1 Å². The second-order valence-corrected chi connectivity index (χ2v) is 7.66. The van der Waals surface area contributed by atoms with E-state index >= 15 is 0 Å². The number of benzene rings is 3. The van der Waals surface area contributed by atoms with Gasteiger partial charge in [0.25, 0.3) is 0 Å². The van der Waals surface area contributed by atoms with Crippen molar-refractivity contribution in [2.45, 2.75) is 19.3 Å². The standard InChI is InChI=1S/C27H23NO4/c1-4-19-13-18(15-26(29)31-3)14-25(17(19)2)28-27(30)32-16-24-22-11-7-5-9-20(22)21-10-6-8-12-23(21)24/h1,5-14,24H,15-16H2,2-3H3,(H,28,30). The van der Waals surface area contributed by atoms with E-state index in [0.29, 0.717) is 16.8 Å². The second-order valence-electron chi connectivity index (χ2n) is 7.66. The zero-order valence-electron chi connectivity index (χ0n) is 18.0. The number of carbonyl (C=O) groups is 2. The van der Waals surface area contributed by atoms with Gasteiger partial charge in [-0.25, -0.2) is 4.79 Å². The fourth-order valence-corrected chi connectivity index (χ4v) is 4.14. The first-order chi connectivity index (χ1) is 15.5. The Morgan fingerprint density at radius 3 is 2.25 bits per heavy atom. The summed E-state index contributed by atoms with van der Waals surface area (Å²) in [7, 11) is 1.33. The number of anilines is 1. The molecule has 1 amide bonds. The molecule has 160 valence electrons. The summed E-state index contributed by atoms with van der Waals surface area (Å²) in [5.41, 5.74) is 7.12. The number of fused-ring (bicyclic) bond motifs is 3. The van der Waals surface area contributed by atoms with Crippen LogP contribution in [0.4, 0.5) is 10.5 Å². The van der Waals surface area contributed by atoms with Crippen LogP contribution < -0.4 is 5.32 Å². The van der Waals surface area contributed by atoms with Crippen LogP contribution in [0, 0.1) is 19.3 Å². The first-order valence-electron chi connectivity index (χ1n) is 10.3. The lowest BCUT2D eigenvalue weighted by Crippen LogP contribution is -2.19. The van der Waals surface area contributed by atoms with Crippen molar-refractivity contribution >= 4 is 17.7 Å². The molecule has 0 saturated heterocycles. The molecule has 0 bridgehead atoms. The van der Waals surface area contributed by atoms with Crippen molar-refractivity contribution in [3.63, 3.8) is 0 Å². The topological polar surface area (TPSA) is 64.6 Å². The Labute approximate surface area is 187 Å². The number of terminal acetylenes is 1. The first kappa shape index (κ1) is 21.2. The van der Waals surface area contributed by atoms with Crippen LogP contribution in [-0.2, 0) is 20.7 Å². The highest BCUT2D eigenvalue weighted by Gasteiger charge is 2.29. The molecule has 3 aromatic rings. The van der Waals surface area contributed by atoms with Crippen molar-refractivity contribution in [3.8, 4) is 23.5 Å². The summed E-state index contributed by atoms with van der Waals surface area (Å²) in [5, 5.41) is 2.78. The zero-order chi connectivity index (χ0) is 22.7. The van der Waals surface area contributed by atoms with Crippen LogP contribution >= 0.6 is 0 Å². The van der Waals surface area contributed by atoms with Gasteiger partial charge in [0.2, 0.25) is 0 Å². The van der Waals surface area contributed by atoms with Gasteiger partial charge in [-0.2, -0.15) is 0 Å². The molecule has 0 unspecified atom stereocenters. The molecule has 1 N–H and O–H groups in total. The molecule has 1 aliphatic rings. The molecule has 0 aliphatic heterocycles. The third-order valence-corrected chi connectivity index (χ3v) is 5.78. The van der Waals surface area contributed by atoms with Crippen LogP contribution in [-0.4, -0.2) is 25.8 Å². The van der Waals surface area contributed by atoms with Crippen molar-refractivity contribution in [1.82, 2.24) is 0 Å². The van der Waals surface area contributed by atoms with Crippen LogP contribution in [0.15, 0.2) is 60.7 Å². The maximum absolute atomic E-state index is 12.7. The monoisotopic (exact) mass is 425 g/mol. The maximum atomic E-state index is 12.7. The molecule has 1 aliphatic carbocycles. The largest absolute Gasteiger partial charge is 0.469 e. The summed E-state index contributed by atoms with van der Waals surface area (Å²) < 4.78 is 10.4. The van der Waals surface area contributed by atoms with Crippen molar-refractivity contribution in [2.75, 3.05) is 19.0 Å². The zero-order valence-corrected chi connectivity index (χ0v) is 18.0. The van der Waals surface area contributed by atoms with E-state index in [9.17, 15) is 9.59 Å². The summed E-state index contributed by atoms with van der Waals surface area (Å²) in [6.07, 6.45) is 5.09. The van der Waals surface area contributed by atoms with Crippen molar-refractivity contribution in [3.05, 3.63) is 88.5 Å². The van der Waals surface area contributed by atoms with Gasteiger partial charge in [0.1, 0.15) is 6.61 Å². The summed E-state index contributed by atoms with van der Waals surface area (Å²) in [4.78, 5) is 24.3. The summed E-state index contributed by atoms with van der Waals surface area (Å²) in [5.74, 6) is 2.18. The smallest absolute Gasteiger partial charge is 0.411 e. The molecule has 3 aromatic carbocycles. The predicted octanol–water partition coefficient (Wildman–Crippen LogP) is 5.05. The van der Waals surface area contributed by atoms with Gasteiger partial charge in [-0.3, -0.25) is 10.1 Å². The highest BCUT2D eigenvalue weighted by molar-refractivity contribution is 5.87. The second kappa shape index (κ2) is 8.99.